The molecule has 1 aromatic carbocycles. The van der Waals surface area contributed by atoms with Crippen molar-refractivity contribution in [2.24, 2.45) is 5.92 Å². The summed E-state index contributed by atoms with van der Waals surface area (Å²) in [5.74, 6) is -0.327. The average Bonchev–Trinajstić information content (AvgIpc) is 2.93. The number of benzene rings is 1. The molecule has 7 nitrogen and oxygen atoms in total. The van der Waals surface area contributed by atoms with Crippen LogP contribution in [0.2, 0.25) is 0 Å². The summed E-state index contributed by atoms with van der Waals surface area (Å²) in [4.78, 5) is 22.3. The predicted octanol–water partition coefficient (Wildman–Crippen LogP) is 0.445. The van der Waals surface area contributed by atoms with Crippen LogP contribution in [-0.4, -0.2) is 37.1 Å². The van der Waals surface area contributed by atoms with Crippen molar-refractivity contribution >= 4 is 11.6 Å². The topological polar surface area (TPSA) is 93.5 Å². The van der Waals surface area contributed by atoms with Gasteiger partial charge < -0.3 is 15.4 Å². The van der Waals surface area contributed by atoms with E-state index < -0.39 is 4.92 Å². The van der Waals surface area contributed by atoms with Crippen molar-refractivity contribution in [3.8, 4) is 0 Å². The second kappa shape index (κ2) is 6.44. The number of ether oxygens (including phenoxy) is 1. The summed E-state index contributed by atoms with van der Waals surface area (Å²) >= 11 is 0. The lowest BCUT2D eigenvalue weighted by Crippen LogP contribution is -2.42. The summed E-state index contributed by atoms with van der Waals surface area (Å²) < 4.78 is 5.27. The van der Waals surface area contributed by atoms with Crippen LogP contribution in [0, 0.1) is 16.0 Å². The molecule has 7 heteroatoms. The molecule has 0 aromatic heterocycles. The highest BCUT2D eigenvalue weighted by molar-refractivity contribution is 5.79. The first-order valence-electron chi connectivity index (χ1n) is 6.38. The van der Waals surface area contributed by atoms with Gasteiger partial charge in [0.1, 0.15) is 0 Å². The molecule has 2 rings (SSSR count). The molecule has 0 spiro atoms. The Morgan fingerprint density at radius 2 is 2.30 bits per heavy atom. The number of carbonyl (C=O) groups is 1. The Balaban J connectivity index is 1.93. The minimum absolute atomic E-state index is 0.0140. The SMILES string of the molecule is CNC1COCC1C(=O)NCc1cccc([N+](=O)[O-])c1. The molecule has 108 valence electrons. The van der Waals surface area contributed by atoms with Gasteiger partial charge in [-0.05, 0) is 12.6 Å². The normalized spacial score (nSPS) is 21.6. The van der Waals surface area contributed by atoms with Gasteiger partial charge in [0.2, 0.25) is 5.91 Å². The van der Waals surface area contributed by atoms with E-state index in [0.29, 0.717) is 18.8 Å². The molecule has 1 heterocycles. The van der Waals surface area contributed by atoms with Gasteiger partial charge in [0.15, 0.2) is 0 Å². The highest BCUT2D eigenvalue weighted by Crippen LogP contribution is 2.15. The molecule has 2 atom stereocenters. The third kappa shape index (κ3) is 3.31. The lowest BCUT2D eigenvalue weighted by molar-refractivity contribution is -0.384. The molecule has 0 bridgehead atoms. The van der Waals surface area contributed by atoms with E-state index >= 15 is 0 Å². The maximum absolute atomic E-state index is 12.0. The smallest absolute Gasteiger partial charge is 0.269 e. The summed E-state index contributed by atoms with van der Waals surface area (Å²) in [6, 6.07) is 6.25. The monoisotopic (exact) mass is 279 g/mol. The van der Waals surface area contributed by atoms with E-state index in [-0.39, 0.29) is 30.1 Å². The van der Waals surface area contributed by atoms with Crippen LogP contribution in [0.5, 0.6) is 0 Å². The number of rotatable bonds is 5. The van der Waals surface area contributed by atoms with Gasteiger partial charge in [0.05, 0.1) is 24.1 Å². The predicted molar refractivity (Wildman–Crippen MR) is 72.1 cm³/mol. The highest BCUT2D eigenvalue weighted by atomic mass is 16.6. The molecule has 1 aliphatic heterocycles. The fourth-order valence-electron chi connectivity index (χ4n) is 2.20. The summed E-state index contributed by atoms with van der Waals surface area (Å²) in [7, 11) is 1.79. The number of non-ortho nitro benzene ring substituents is 1. The van der Waals surface area contributed by atoms with Gasteiger partial charge in [-0.3, -0.25) is 14.9 Å². The van der Waals surface area contributed by atoms with Gasteiger partial charge in [-0.2, -0.15) is 0 Å². The molecule has 1 fully saturated rings. The number of carbonyl (C=O) groups excluding carboxylic acids is 1. The number of hydrogen-bond donors (Lipinski definition) is 2. The van der Waals surface area contributed by atoms with Crippen LogP contribution in [0.4, 0.5) is 5.69 Å². The number of nitro benzene ring substituents is 1. The fraction of sp³-hybridized carbons (Fsp3) is 0.462. The zero-order valence-corrected chi connectivity index (χ0v) is 11.2. The Bertz CT molecular complexity index is 506. The van der Waals surface area contributed by atoms with E-state index in [1.807, 2.05) is 0 Å². The number of nitrogens with zero attached hydrogens (tertiary/aromatic N) is 1. The Hall–Kier alpha value is -1.99. The van der Waals surface area contributed by atoms with E-state index in [1.54, 1.807) is 19.2 Å². The molecule has 0 radical (unpaired) electrons. The maximum Gasteiger partial charge on any atom is 0.269 e. The Morgan fingerprint density at radius 1 is 1.50 bits per heavy atom. The Morgan fingerprint density at radius 3 is 3.00 bits per heavy atom. The molecule has 1 saturated heterocycles. The largest absolute Gasteiger partial charge is 0.379 e. The lowest BCUT2D eigenvalue weighted by Gasteiger charge is -2.16. The molecule has 1 aliphatic rings. The molecule has 1 aromatic rings. The van der Waals surface area contributed by atoms with E-state index in [2.05, 4.69) is 10.6 Å². The summed E-state index contributed by atoms with van der Waals surface area (Å²) in [5, 5.41) is 16.5. The van der Waals surface area contributed by atoms with Crippen LogP contribution in [0.3, 0.4) is 0 Å². The number of amides is 1. The molecule has 20 heavy (non-hydrogen) atoms. The fourth-order valence-corrected chi connectivity index (χ4v) is 2.20. The van der Waals surface area contributed by atoms with Crippen molar-refractivity contribution in [2.45, 2.75) is 12.6 Å². The number of nitro groups is 1. The second-order valence-electron chi connectivity index (χ2n) is 4.68. The molecular weight excluding hydrogens is 262 g/mol. The van der Waals surface area contributed by atoms with Gasteiger partial charge >= 0.3 is 0 Å². The third-order valence-corrected chi connectivity index (χ3v) is 3.38. The zero-order valence-electron chi connectivity index (χ0n) is 11.2. The Kier molecular flexibility index (Phi) is 4.65. The van der Waals surface area contributed by atoms with Crippen molar-refractivity contribution in [3.05, 3.63) is 39.9 Å². The second-order valence-corrected chi connectivity index (χ2v) is 4.68. The molecule has 2 N–H and O–H groups in total. The first-order chi connectivity index (χ1) is 9.61. The minimum Gasteiger partial charge on any atom is -0.379 e. The van der Waals surface area contributed by atoms with E-state index in [0.717, 1.165) is 0 Å². The Labute approximate surface area is 116 Å². The van der Waals surface area contributed by atoms with Gasteiger partial charge in [-0.15, -0.1) is 0 Å². The van der Waals surface area contributed by atoms with Crippen molar-refractivity contribution in [3.63, 3.8) is 0 Å². The molecule has 2 unspecified atom stereocenters. The van der Waals surface area contributed by atoms with Crippen LogP contribution in [-0.2, 0) is 16.1 Å². The highest BCUT2D eigenvalue weighted by Gasteiger charge is 2.32. The van der Waals surface area contributed by atoms with Crippen LogP contribution in [0.1, 0.15) is 5.56 Å². The third-order valence-electron chi connectivity index (χ3n) is 3.38. The van der Waals surface area contributed by atoms with Crippen LogP contribution >= 0.6 is 0 Å². The minimum atomic E-state index is -0.451. The van der Waals surface area contributed by atoms with Gasteiger partial charge in [-0.1, -0.05) is 12.1 Å². The average molecular weight is 279 g/mol. The van der Waals surface area contributed by atoms with Gasteiger partial charge in [-0.25, -0.2) is 0 Å². The first kappa shape index (κ1) is 14.4. The van der Waals surface area contributed by atoms with Gasteiger partial charge in [0, 0.05) is 24.7 Å². The standard InChI is InChI=1S/C13H17N3O4/c1-14-12-8-20-7-11(12)13(17)15-6-9-3-2-4-10(5-9)16(18)19/h2-5,11-12,14H,6-8H2,1H3,(H,15,17). The lowest BCUT2D eigenvalue weighted by atomic mass is 10.0. The van der Waals surface area contributed by atoms with Gasteiger partial charge in [0.25, 0.3) is 5.69 Å². The summed E-state index contributed by atoms with van der Waals surface area (Å²) in [6.07, 6.45) is 0. The summed E-state index contributed by atoms with van der Waals surface area (Å²) in [5.41, 5.74) is 0.724. The van der Waals surface area contributed by atoms with Crippen molar-refractivity contribution in [1.82, 2.24) is 10.6 Å². The van der Waals surface area contributed by atoms with Crippen LogP contribution < -0.4 is 10.6 Å². The van der Waals surface area contributed by atoms with Crippen LogP contribution in [0.15, 0.2) is 24.3 Å². The van der Waals surface area contributed by atoms with E-state index in [1.165, 1.54) is 12.1 Å². The number of hydrogen-bond acceptors (Lipinski definition) is 5. The van der Waals surface area contributed by atoms with E-state index in [4.69, 9.17) is 4.74 Å². The molecule has 1 amide bonds. The number of likely N-dealkylation sites (N-methyl/N-ethyl adjacent to an activating group) is 1. The summed E-state index contributed by atoms with van der Waals surface area (Å²) in [6.45, 7) is 1.19. The van der Waals surface area contributed by atoms with Crippen molar-refractivity contribution in [2.75, 3.05) is 20.3 Å². The first-order valence-corrected chi connectivity index (χ1v) is 6.38. The van der Waals surface area contributed by atoms with E-state index in [9.17, 15) is 14.9 Å². The van der Waals surface area contributed by atoms with Crippen molar-refractivity contribution in [1.29, 1.82) is 0 Å². The maximum atomic E-state index is 12.0. The van der Waals surface area contributed by atoms with Crippen molar-refractivity contribution < 1.29 is 14.5 Å². The molecule has 0 aliphatic carbocycles. The quantitative estimate of drug-likeness (QED) is 0.603. The van der Waals surface area contributed by atoms with Crippen LogP contribution in [0.25, 0.3) is 0 Å². The molecular formula is C13H17N3O4. The zero-order chi connectivity index (χ0) is 14.5. The molecule has 0 saturated carbocycles. The number of nitrogens with one attached hydrogen (secondary N) is 2.